The number of carbonyl (C=O) groups is 1. The molecular weight excluding hydrogens is 214 g/mol. The molecule has 1 saturated carbocycles. The van der Waals surface area contributed by atoms with Crippen molar-refractivity contribution in [1.29, 1.82) is 0 Å². The molecule has 1 aliphatic carbocycles. The second kappa shape index (κ2) is 5.32. The fourth-order valence-electron chi connectivity index (χ4n) is 2.02. The molecule has 92 valence electrons. The zero-order chi connectivity index (χ0) is 12.1. The maximum absolute atomic E-state index is 10.9. The summed E-state index contributed by atoms with van der Waals surface area (Å²) >= 11 is 0. The Balaban J connectivity index is 1.60. The van der Waals surface area contributed by atoms with Crippen LogP contribution in [0.3, 0.4) is 0 Å². The standard InChI is InChI=1S/C14H19NO2/c16-13(17)14(9-10-14)15-11-5-4-8-12-6-2-1-3-7-12/h1-3,6-7,15H,4-5,8-11H2,(H,16,17). The molecule has 1 aliphatic rings. The molecule has 2 N–H and O–H groups in total. The van der Waals surface area contributed by atoms with Crippen LogP contribution in [0.1, 0.15) is 31.2 Å². The number of hydrogen-bond acceptors (Lipinski definition) is 2. The molecule has 1 fully saturated rings. The van der Waals surface area contributed by atoms with Gasteiger partial charge in [-0.25, -0.2) is 0 Å². The van der Waals surface area contributed by atoms with Crippen molar-refractivity contribution in [3.8, 4) is 0 Å². The van der Waals surface area contributed by atoms with Crippen molar-refractivity contribution in [3.05, 3.63) is 35.9 Å². The first-order valence-corrected chi connectivity index (χ1v) is 6.25. The minimum atomic E-state index is -0.694. The van der Waals surface area contributed by atoms with Gasteiger partial charge in [0.25, 0.3) is 0 Å². The van der Waals surface area contributed by atoms with Crippen molar-refractivity contribution in [1.82, 2.24) is 5.32 Å². The van der Waals surface area contributed by atoms with Crippen molar-refractivity contribution in [2.45, 2.75) is 37.6 Å². The monoisotopic (exact) mass is 233 g/mol. The average Bonchev–Trinajstić information content (AvgIpc) is 3.11. The first kappa shape index (κ1) is 12.1. The van der Waals surface area contributed by atoms with E-state index in [1.807, 2.05) is 6.07 Å². The summed E-state index contributed by atoms with van der Waals surface area (Å²) in [5.41, 5.74) is 0.777. The van der Waals surface area contributed by atoms with Crippen LogP contribution in [0.2, 0.25) is 0 Å². The molecule has 3 heteroatoms. The second-order valence-corrected chi connectivity index (χ2v) is 4.76. The number of benzene rings is 1. The highest BCUT2D eigenvalue weighted by Gasteiger charge is 2.49. The number of rotatable bonds is 7. The van der Waals surface area contributed by atoms with Gasteiger partial charge in [0.05, 0.1) is 0 Å². The third-order valence-electron chi connectivity index (χ3n) is 3.36. The summed E-state index contributed by atoms with van der Waals surface area (Å²) in [4.78, 5) is 10.9. The summed E-state index contributed by atoms with van der Waals surface area (Å²) in [6, 6.07) is 10.4. The zero-order valence-corrected chi connectivity index (χ0v) is 9.98. The first-order valence-electron chi connectivity index (χ1n) is 6.25. The Bertz CT molecular complexity index is 371. The van der Waals surface area contributed by atoms with Crippen molar-refractivity contribution in [2.75, 3.05) is 6.54 Å². The van der Waals surface area contributed by atoms with Gasteiger partial charge in [-0.1, -0.05) is 30.3 Å². The molecule has 1 aromatic rings. The summed E-state index contributed by atoms with van der Waals surface area (Å²) in [6.07, 6.45) is 4.77. The number of aryl methyl sites for hydroxylation is 1. The Morgan fingerprint density at radius 1 is 1.24 bits per heavy atom. The molecule has 0 amide bonds. The number of carboxylic acid groups (broad SMARTS) is 1. The highest BCUT2D eigenvalue weighted by molar-refractivity contribution is 5.82. The third-order valence-corrected chi connectivity index (χ3v) is 3.36. The fourth-order valence-corrected chi connectivity index (χ4v) is 2.02. The number of hydrogen-bond donors (Lipinski definition) is 2. The van der Waals surface area contributed by atoms with Crippen molar-refractivity contribution in [2.24, 2.45) is 0 Å². The lowest BCUT2D eigenvalue weighted by Crippen LogP contribution is -2.39. The summed E-state index contributed by atoms with van der Waals surface area (Å²) in [5.74, 6) is -0.694. The van der Waals surface area contributed by atoms with Crippen LogP contribution < -0.4 is 5.32 Å². The molecule has 2 rings (SSSR count). The van der Waals surface area contributed by atoms with Gasteiger partial charge in [-0.3, -0.25) is 4.79 Å². The van der Waals surface area contributed by atoms with Crippen LogP contribution >= 0.6 is 0 Å². The van der Waals surface area contributed by atoms with E-state index < -0.39 is 11.5 Å². The molecule has 0 unspecified atom stereocenters. The quantitative estimate of drug-likeness (QED) is 0.710. The molecule has 17 heavy (non-hydrogen) atoms. The number of nitrogens with one attached hydrogen (secondary N) is 1. The predicted molar refractivity (Wildman–Crippen MR) is 67.0 cm³/mol. The second-order valence-electron chi connectivity index (χ2n) is 4.76. The van der Waals surface area contributed by atoms with E-state index in [9.17, 15) is 4.79 Å². The molecular formula is C14H19NO2. The maximum Gasteiger partial charge on any atom is 0.323 e. The molecule has 0 aromatic heterocycles. The molecule has 0 heterocycles. The van der Waals surface area contributed by atoms with Crippen LogP contribution in [0.5, 0.6) is 0 Å². The van der Waals surface area contributed by atoms with E-state index in [4.69, 9.17) is 5.11 Å². The summed E-state index contributed by atoms with van der Waals surface area (Å²) < 4.78 is 0. The minimum absolute atomic E-state index is 0.577. The van der Waals surface area contributed by atoms with Crippen LogP contribution in [-0.4, -0.2) is 23.2 Å². The van der Waals surface area contributed by atoms with Gasteiger partial charge in [0.2, 0.25) is 0 Å². The highest BCUT2D eigenvalue weighted by atomic mass is 16.4. The summed E-state index contributed by atoms with van der Waals surface area (Å²) in [6.45, 7) is 0.805. The topological polar surface area (TPSA) is 49.3 Å². The fraction of sp³-hybridized carbons (Fsp3) is 0.500. The normalized spacial score (nSPS) is 16.7. The highest BCUT2D eigenvalue weighted by Crippen LogP contribution is 2.35. The van der Waals surface area contributed by atoms with Gasteiger partial charge in [0.1, 0.15) is 5.54 Å². The summed E-state index contributed by atoms with van der Waals surface area (Å²) in [7, 11) is 0. The lowest BCUT2D eigenvalue weighted by atomic mass is 10.1. The Hall–Kier alpha value is -1.35. The zero-order valence-electron chi connectivity index (χ0n) is 9.98. The van der Waals surface area contributed by atoms with Gasteiger partial charge in [-0.05, 0) is 44.2 Å². The maximum atomic E-state index is 10.9. The summed E-state index contributed by atoms with van der Waals surface area (Å²) in [5, 5.41) is 12.1. The molecule has 0 aliphatic heterocycles. The van der Waals surface area contributed by atoms with Gasteiger partial charge in [0, 0.05) is 0 Å². The number of unbranched alkanes of at least 4 members (excludes halogenated alkanes) is 1. The smallest absolute Gasteiger partial charge is 0.323 e. The van der Waals surface area contributed by atoms with Crippen LogP contribution in [0, 0.1) is 0 Å². The lowest BCUT2D eigenvalue weighted by Gasteiger charge is -2.11. The predicted octanol–water partition coefficient (Wildman–Crippen LogP) is 2.22. The van der Waals surface area contributed by atoms with Crippen molar-refractivity contribution in [3.63, 3.8) is 0 Å². The van der Waals surface area contributed by atoms with E-state index in [1.54, 1.807) is 0 Å². The first-order chi connectivity index (χ1) is 8.23. The molecule has 0 bridgehead atoms. The van der Waals surface area contributed by atoms with E-state index in [-0.39, 0.29) is 0 Å². The van der Waals surface area contributed by atoms with E-state index in [1.165, 1.54) is 5.56 Å². The SMILES string of the molecule is O=C(O)C1(NCCCCc2ccccc2)CC1. The van der Waals surface area contributed by atoms with Gasteiger partial charge in [-0.2, -0.15) is 0 Å². The number of aliphatic carboxylic acids is 1. The Labute approximate surface area is 102 Å². The minimum Gasteiger partial charge on any atom is -0.480 e. The molecule has 1 aromatic carbocycles. The van der Waals surface area contributed by atoms with Crippen LogP contribution in [-0.2, 0) is 11.2 Å². The van der Waals surface area contributed by atoms with E-state index >= 15 is 0 Å². The van der Waals surface area contributed by atoms with Crippen LogP contribution in [0.15, 0.2) is 30.3 Å². The van der Waals surface area contributed by atoms with E-state index in [0.29, 0.717) is 0 Å². The Morgan fingerprint density at radius 2 is 1.94 bits per heavy atom. The molecule has 3 nitrogen and oxygen atoms in total. The van der Waals surface area contributed by atoms with Gasteiger partial charge >= 0.3 is 5.97 Å². The van der Waals surface area contributed by atoms with Gasteiger partial charge in [-0.15, -0.1) is 0 Å². The molecule has 0 saturated heterocycles. The van der Waals surface area contributed by atoms with Crippen molar-refractivity contribution < 1.29 is 9.90 Å². The van der Waals surface area contributed by atoms with Crippen LogP contribution in [0.4, 0.5) is 0 Å². The molecule has 0 radical (unpaired) electrons. The Morgan fingerprint density at radius 3 is 2.53 bits per heavy atom. The molecule has 0 spiro atoms. The van der Waals surface area contributed by atoms with Crippen LogP contribution in [0.25, 0.3) is 0 Å². The van der Waals surface area contributed by atoms with Gasteiger partial charge in [0.15, 0.2) is 0 Å². The Kier molecular flexibility index (Phi) is 3.79. The number of carboxylic acids is 1. The molecule has 0 atom stereocenters. The van der Waals surface area contributed by atoms with Gasteiger partial charge < -0.3 is 10.4 Å². The lowest BCUT2D eigenvalue weighted by molar-refractivity contribution is -0.140. The average molecular weight is 233 g/mol. The largest absolute Gasteiger partial charge is 0.480 e. The third kappa shape index (κ3) is 3.30. The van der Waals surface area contributed by atoms with E-state index in [2.05, 4.69) is 29.6 Å². The van der Waals surface area contributed by atoms with E-state index in [0.717, 1.165) is 38.6 Å². The van der Waals surface area contributed by atoms with Crippen molar-refractivity contribution >= 4 is 5.97 Å².